The molecular formula is C20H22Cl3N5O. The Morgan fingerprint density at radius 1 is 1.00 bits per heavy atom. The minimum absolute atomic E-state index is 0. The zero-order valence-electron chi connectivity index (χ0n) is 15.7. The van der Waals surface area contributed by atoms with Crippen LogP contribution in [0.5, 0.6) is 0 Å². The van der Waals surface area contributed by atoms with E-state index in [4.69, 9.17) is 16.3 Å². The van der Waals surface area contributed by atoms with Crippen molar-refractivity contribution in [1.29, 1.82) is 0 Å². The van der Waals surface area contributed by atoms with Gasteiger partial charge in [-0.2, -0.15) is 0 Å². The Morgan fingerprint density at radius 2 is 1.83 bits per heavy atom. The summed E-state index contributed by atoms with van der Waals surface area (Å²) in [7, 11) is 0. The molecule has 2 aromatic heterocycles. The van der Waals surface area contributed by atoms with Crippen LogP contribution in [0, 0.1) is 0 Å². The van der Waals surface area contributed by atoms with Crippen molar-refractivity contribution < 1.29 is 4.74 Å². The molecule has 0 saturated carbocycles. The van der Waals surface area contributed by atoms with Gasteiger partial charge in [0.2, 0.25) is 0 Å². The van der Waals surface area contributed by atoms with Gasteiger partial charge in [0.05, 0.1) is 12.3 Å². The zero-order chi connectivity index (χ0) is 18.2. The van der Waals surface area contributed by atoms with Gasteiger partial charge in [-0.15, -0.1) is 35.0 Å². The SMILES string of the molecule is Cl.Cl.Clc1ccc2c(c1)-n1c(nnc1C1CCN(c3ccccn3)CC1)COC2. The van der Waals surface area contributed by atoms with Gasteiger partial charge in [-0.25, -0.2) is 4.98 Å². The van der Waals surface area contributed by atoms with E-state index in [2.05, 4.69) is 30.7 Å². The molecule has 0 unspecified atom stereocenters. The van der Waals surface area contributed by atoms with Gasteiger partial charge >= 0.3 is 0 Å². The molecule has 154 valence electrons. The number of aromatic nitrogens is 4. The van der Waals surface area contributed by atoms with Crippen molar-refractivity contribution in [2.75, 3.05) is 18.0 Å². The number of piperidine rings is 1. The first kappa shape index (κ1) is 21.8. The maximum Gasteiger partial charge on any atom is 0.163 e. The molecule has 2 aliphatic heterocycles. The average Bonchev–Trinajstić information content (AvgIpc) is 3.05. The van der Waals surface area contributed by atoms with Crippen LogP contribution < -0.4 is 4.90 Å². The largest absolute Gasteiger partial charge is 0.369 e. The highest BCUT2D eigenvalue weighted by Crippen LogP contribution is 2.33. The number of hydrogen-bond acceptors (Lipinski definition) is 5. The van der Waals surface area contributed by atoms with E-state index < -0.39 is 0 Å². The predicted molar refractivity (Wildman–Crippen MR) is 118 cm³/mol. The van der Waals surface area contributed by atoms with E-state index in [1.54, 1.807) is 0 Å². The maximum atomic E-state index is 6.28. The minimum Gasteiger partial charge on any atom is -0.369 e. The summed E-state index contributed by atoms with van der Waals surface area (Å²) in [6.45, 7) is 2.95. The second-order valence-corrected chi connectivity index (χ2v) is 7.46. The Morgan fingerprint density at radius 3 is 2.59 bits per heavy atom. The molecule has 0 aliphatic carbocycles. The fraction of sp³-hybridized carbons (Fsp3) is 0.350. The first-order valence-corrected chi connectivity index (χ1v) is 9.64. The number of halogens is 3. The van der Waals surface area contributed by atoms with Crippen molar-refractivity contribution in [3.63, 3.8) is 0 Å². The van der Waals surface area contributed by atoms with E-state index in [1.165, 1.54) is 0 Å². The van der Waals surface area contributed by atoms with Gasteiger partial charge in [-0.3, -0.25) is 4.57 Å². The van der Waals surface area contributed by atoms with Gasteiger partial charge < -0.3 is 9.64 Å². The van der Waals surface area contributed by atoms with Crippen molar-refractivity contribution >= 4 is 42.2 Å². The number of nitrogens with zero attached hydrogens (tertiary/aromatic N) is 5. The molecule has 3 aromatic rings. The van der Waals surface area contributed by atoms with E-state index >= 15 is 0 Å². The Balaban J connectivity index is 0.00000120. The molecule has 0 bridgehead atoms. The molecule has 1 aromatic carbocycles. The van der Waals surface area contributed by atoms with Gasteiger partial charge in [0.15, 0.2) is 5.82 Å². The standard InChI is InChI=1S/C20H20ClN5O.2ClH/c21-16-5-4-15-12-27-13-19-23-24-20(26(19)17(15)11-16)14-6-9-25(10-7-14)18-3-1-2-8-22-18;;/h1-5,8,11,14H,6-7,9-10,12-13H2;2*1H. The topological polar surface area (TPSA) is 56.1 Å². The molecule has 0 spiro atoms. The third-order valence-electron chi connectivity index (χ3n) is 5.37. The maximum absolute atomic E-state index is 6.28. The van der Waals surface area contributed by atoms with Gasteiger partial charge in [-0.1, -0.05) is 23.7 Å². The number of hydrogen-bond donors (Lipinski definition) is 0. The monoisotopic (exact) mass is 453 g/mol. The molecule has 1 saturated heterocycles. The lowest BCUT2D eigenvalue weighted by molar-refractivity contribution is 0.105. The highest BCUT2D eigenvalue weighted by atomic mass is 35.5. The second-order valence-electron chi connectivity index (χ2n) is 7.02. The Kier molecular flexibility index (Phi) is 7.01. The minimum atomic E-state index is 0. The van der Waals surface area contributed by atoms with Crippen molar-refractivity contribution in [3.8, 4) is 5.69 Å². The summed E-state index contributed by atoms with van der Waals surface area (Å²) < 4.78 is 7.94. The van der Waals surface area contributed by atoms with E-state index in [1.807, 2.05) is 36.5 Å². The third kappa shape index (κ3) is 4.21. The number of ether oxygens (including phenoxy) is 1. The van der Waals surface area contributed by atoms with Crippen LogP contribution >= 0.6 is 36.4 Å². The second kappa shape index (κ2) is 9.30. The first-order chi connectivity index (χ1) is 13.3. The summed E-state index contributed by atoms with van der Waals surface area (Å²) in [5.74, 6) is 3.26. The van der Waals surface area contributed by atoms with Crippen LogP contribution in [0.2, 0.25) is 5.02 Å². The Bertz CT molecular complexity index is 958. The summed E-state index contributed by atoms with van der Waals surface area (Å²) in [5.41, 5.74) is 2.16. The van der Waals surface area contributed by atoms with Crippen LogP contribution in [0.4, 0.5) is 5.82 Å². The molecular weight excluding hydrogens is 433 g/mol. The van der Waals surface area contributed by atoms with Crippen LogP contribution in [0.1, 0.15) is 36.0 Å². The molecule has 2 aliphatic rings. The lowest BCUT2D eigenvalue weighted by atomic mass is 9.95. The van der Waals surface area contributed by atoms with Crippen LogP contribution in [-0.2, 0) is 18.0 Å². The van der Waals surface area contributed by atoms with Crippen LogP contribution in [0.25, 0.3) is 5.69 Å². The van der Waals surface area contributed by atoms with Crippen molar-refractivity contribution in [3.05, 3.63) is 64.8 Å². The summed E-state index contributed by atoms with van der Waals surface area (Å²) in [5, 5.41) is 9.68. The number of benzene rings is 1. The normalized spacial score (nSPS) is 16.1. The van der Waals surface area contributed by atoms with E-state index in [0.29, 0.717) is 24.2 Å². The molecule has 9 heteroatoms. The van der Waals surface area contributed by atoms with E-state index in [-0.39, 0.29) is 24.8 Å². The Labute approximate surface area is 187 Å². The highest BCUT2D eigenvalue weighted by molar-refractivity contribution is 6.30. The lowest BCUT2D eigenvalue weighted by Gasteiger charge is -2.32. The summed E-state index contributed by atoms with van der Waals surface area (Å²) >= 11 is 6.28. The summed E-state index contributed by atoms with van der Waals surface area (Å²) in [6, 6.07) is 12.0. The molecule has 1 fully saturated rings. The molecule has 0 N–H and O–H groups in total. The molecule has 29 heavy (non-hydrogen) atoms. The molecule has 0 amide bonds. The molecule has 4 heterocycles. The zero-order valence-corrected chi connectivity index (χ0v) is 18.1. The van der Waals surface area contributed by atoms with Crippen molar-refractivity contribution in [1.82, 2.24) is 19.7 Å². The smallest absolute Gasteiger partial charge is 0.163 e. The predicted octanol–water partition coefficient (Wildman–Crippen LogP) is 4.57. The Hall–Kier alpha value is -1.86. The molecule has 0 radical (unpaired) electrons. The quantitative estimate of drug-likeness (QED) is 0.567. The van der Waals surface area contributed by atoms with Gasteiger partial charge in [0, 0.05) is 35.8 Å². The molecule has 6 nitrogen and oxygen atoms in total. The van der Waals surface area contributed by atoms with E-state index in [0.717, 1.165) is 54.6 Å². The van der Waals surface area contributed by atoms with Crippen LogP contribution in [-0.4, -0.2) is 32.8 Å². The van der Waals surface area contributed by atoms with Gasteiger partial charge in [-0.05, 0) is 37.1 Å². The van der Waals surface area contributed by atoms with Crippen molar-refractivity contribution in [2.24, 2.45) is 0 Å². The third-order valence-corrected chi connectivity index (χ3v) is 5.60. The fourth-order valence-corrected chi connectivity index (χ4v) is 4.14. The number of rotatable bonds is 2. The van der Waals surface area contributed by atoms with E-state index in [9.17, 15) is 0 Å². The van der Waals surface area contributed by atoms with Crippen molar-refractivity contribution in [2.45, 2.75) is 32.0 Å². The summed E-state index contributed by atoms with van der Waals surface area (Å²) in [4.78, 5) is 6.81. The summed E-state index contributed by atoms with van der Waals surface area (Å²) in [6.07, 6.45) is 3.89. The molecule has 5 rings (SSSR count). The van der Waals surface area contributed by atoms with Gasteiger partial charge in [0.1, 0.15) is 18.2 Å². The van der Waals surface area contributed by atoms with Crippen LogP contribution in [0.3, 0.4) is 0 Å². The van der Waals surface area contributed by atoms with Crippen LogP contribution in [0.15, 0.2) is 42.6 Å². The number of anilines is 1. The fourth-order valence-electron chi connectivity index (χ4n) is 3.98. The lowest BCUT2D eigenvalue weighted by Crippen LogP contribution is -2.34. The molecule has 0 atom stereocenters. The first-order valence-electron chi connectivity index (χ1n) is 9.26. The number of fused-ring (bicyclic) bond motifs is 3. The number of pyridine rings is 1. The van der Waals surface area contributed by atoms with Gasteiger partial charge in [0.25, 0.3) is 0 Å². The average molecular weight is 455 g/mol. The highest BCUT2D eigenvalue weighted by Gasteiger charge is 2.29.